The molecule has 1 saturated carbocycles. The summed E-state index contributed by atoms with van der Waals surface area (Å²) in [5.74, 6) is 2.48. The Morgan fingerprint density at radius 3 is 2.53 bits per heavy atom. The number of halogens is 1. The summed E-state index contributed by atoms with van der Waals surface area (Å²) in [6.07, 6.45) is 3.79. The third kappa shape index (κ3) is 4.04. The largest absolute Gasteiger partial charge is 0.492 e. The molecule has 0 bridgehead atoms. The van der Waals surface area contributed by atoms with Gasteiger partial charge < -0.3 is 10.1 Å². The molecule has 1 fully saturated rings. The predicted octanol–water partition coefficient (Wildman–Crippen LogP) is 4.98. The lowest BCUT2D eigenvalue weighted by Gasteiger charge is -2.33. The first-order valence-corrected chi connectivity index (χ1v) is 7.65. The number of ether oxygens (including phenoxy) is 1. The summed E-state index contributed by atoms with van der Waals surface area (Å²) < 4.78 is 5.67. The number of rotatable bonds is 4. The molecular weight excluding hydrogens is 258 g/mol. The van der Waals surface area contributed by atoms with Gasteiger partial charge in [-0.05, 0) is 56.2 Å². The number of hydrogen-bond donors (Lipinski definition) is 1. The van der Waals surface area contributed by atoms with Crippen LogP contribution in [0.1, 0.15) is 40.0 Å². The average Bonchev–Trinajstić information content (AvgIpc) is 2.31. The molecular formula is C16H24ClNO. The molecule has 1 N–H and O–H groups in total. The lowest BCUT2D eigenvalue weighted by Crippen LogP contribution is -2.30. The van der Waals surface area contributed by atoms with Crippen LogP contribution in [0.5, 0.6) is 5.75 Å². The zero-order valence-electron chi connectivity index (χ0n) is 12.1. The van der Waals surface area contributed by atoms with Gasteiger partial charge in [-0.2, -0.15) is 0 Å². The van der Waals surface area contributed by atoms with Crippen LogP contribution in [-0.4, -0.2) is 12.6 Å². The molecule has 1 aliphatic carbocycles. The van der Waals surface area contributed by atoms with E-state index in [2.05, 4.69) is 19.2 Å². The van der Waals surface area contributed by atoms with E-state index in [9.17, 15) is 0 Å². The summed E-state index contributed by atoms with van der Waals surface area (Å²) in [6.45, 7) is 7.36. The summed E-state index contributed by atoms with van der Waals surface area (Å²) in [6, 6.07) is 6.32. The Bertz CT molecular complexity index is 411. The molecule has 2 atom stereocenters. The van der Waals surface area contributed by atoms with E-state index in [1.165, 1.54) is 19.3 Å². The number of anilines is 1. The highest BCUT2D eigenvalue weighted by atomic mass is 35.5. The van der Waals surface area contributed by atoms with Gasteiger partial charge >= 0.3 is 0 Å². The van der Waals surface area contributed by atoms with Crippen molar-refractivity contribution < 1.29 is 4.74 Å². The Balaban J connectivity index is 2.10. The summed E-state index contributed by atoms with van der Waals surface area (Å²) in [7, 11) is 0. The molecule has 106 valence electrons. The van der Waals surface area contributed by atoms with Crippen LogP contribution in [0.25, 0.3) is 0 Å². The summed E-state index contributed by atoms with van der Waals surface area (Å²) >= 11 is 6.10. The standard InChI is InChI=1S/C16H24ClNO/c1-4-19-16-6-5-13(17)10-15(16)18-14-8-11(2)7-12(3)9-14/h5-6,10-12,14,18H,4,7-9H2,1-3H3. The van der Waals surface area contributed by atoms with E-state index >= 15 is 0 Å². The van der Waals surface area contributed by atoms with Crippen LogP contribution in [0.2, 0.25) is 5.02 Å². The molecule has 19 heavy (non-hydrogen) atoms. The molecule has 0 spiro atoms. The van der Waals surface area contributed by atoms with Gasteiger partial charge in [0, 0.05) is 11.1 Å². The topological polar surface area (TPSA) is 21.3 Å². The van der Waals surface area contributed by atoms with Crippen molar-refractivity contribution in [3.05, 3.63) is 23.2 Å². The second kappa shape index (κ2) is 6.51. The van der Waals surface area contributed by atoms with Crippen LogP contribution < -0.4 is 10.1 Å². The molecule has 2 rings (SSSR count). The van der Waals surface area contributed by atoms with Gasteiger partial charge in [-0.25, -0.2) is 0 Å². The van der Waals surface area contributed by atoms with Crippen molar-refractivity contribution >= 4 is 17.3 Å². The monoisotopic (exact) mass is 281 g/mol. The van der Waals surface area contributed by atoms with E-state index < -0.39 is 0 Å². The highest BCUT2D eigenvalue weighted by Gasteiger charge is 2.24. The number of benzene rings is 1. The van der Waals surface area contributed by atoms with Crippen molar-refractivity contribution in [1.82, 2.24) is 0 Å². The van der Waals surface area contributed by atoms with Crippen LogP contribution in [0.15, 0.2) is 18.2 Å². The van der Waals surface area contributed by atoms with Crippen molar-refractivity contribution in [2.24, 2.45) is 11.8 Å². The molecule has 0 aliphatic heterocycles. The molecule has 0 saturated heterocycles. The van der Waals surface area contributed by atoms with Crippen LogP contribution in [0.3, 0.4) is 0 Å². The molecule has 0 radical (unpaired) electrons. The van der Waals surface area contributed by atoms with Crippen molar-refractivity contribution in [3.8, 4) is 5.75 Å². The average molecular weight is 282 g/mol. The molecule has 0 amide bonds. The van der Waals surface area contributed by atoms with Crippen LogP contribution in [0.4, 0.5) is 5.69 Å². The quantitative estimate of drug-likeness (QED) is 0.841. The number of nitrogens with one attached hydrogen (secondary N) is 1. The molecule has 0 aromatic heterocycles. The zero-order chi connectivity index (χ0) is 13.8. The highest BCUT2D eigenvalue weighted by molar-refractivity contribution is 6.30. The Kier molecular flexibility index (Phi) is 4.98. The second-order valence-corrected chi connectivity index (χ2v) is 6.27. The van der Waals surface area contributed by atoms with Crippen LogP contribution in [0, 0.1) is 11.8 Å². The number of hydrogen-bond acceptors (Lipinski definition) is 2. The second-order valence-electron chi connectivity index (χ2n) is 5.83. The van der Waals surface area contributed by atoms with E-state index in [4.69, 9.17) is 16.3 Å². The maximum absolute atomic E-state index is 6.10. The van der Waals surface area contributed by atoms with E-state index in [1.807, 2.05) is 25.1 Å². The highest BCUT2D eigenvalue weighted by Crippen LogP contribution is 2.34. The van der Waals surface area contributed by atoms with Gasteiger partial charge in [0.25, 0.3) is 0 Å². The molecule has 1 aromatic rings. The fourth-order valence-corrected chi connectivity index (χ4v) is 3.35. The molecule has 1 aliphatic rings. The van der Waals surface area contributed by atoms with Gasteiger partial charge in [0.15, 0.2) is 0 Å². The smallest absolute Gasteiger partial charge is 0.142 e. The third-order valence-corrected chi connectivity index (χ3v) is 4.01. The Hall–Kier alpha value is -0.890. The van der Waals surface area contributed by atoms with Crippen LogP contribution >= 0.6 is 11.6 Å². The predicted molar refractivity (Wildman–Crippen MR) is 82.2 cm³/mol. The summed E-state index contributed by atoms with van der Waals surface area (Å²) in [4.78, 5) is 0. The first-order chi connectivity index (χ1) is 9.08. The Morgan fingerprint density at radius 2 is 1.89 bits per heavy atom. The van der Waals surface area contributed by atoms with Gasteiger partial charge in [-0.1, -0.05) is 25.4 Å². The SMILES string of the molecule is CCOc1ccc(Cl)cc1NC1CC(C)CC(C)C1. The van der Waals surface area contributed by atoms with E-state index in [0.717, 1.165) is 28.3 Å². The maximum atomic E-state index is 6.10. The molecule has 0 heterocycles. The van der Waals surface area contributed by atoms with E-state index in [0.29, 0.717) is 12.6 Å². The first-order valence-electron chi connectivity index (χ1n) is 7.27. The fraction of sp³-hybridized carbons (Fsp3) is 0.625. The van der Waals surface area contributed by atoms with Gasteiger partial charge in [0.2, 0.25) is 0 Å². The van der Waals surface area contributed by atoms with Crippen molar-refractivity contribution in [2.45, 2.75) is 46.1 Å². The van der Waals surface area contributed by atoms with E-state index in [-0.39, 0.29) is 0 Å². The van der Waals surface area contributed by atoms with Crippen LogP contribution in [-0.2, 0) is 0 Å². The first kappa shape index (κ1) is 14.5. The normalized spacial score (nSPS) is 27.1. The molecule has 3 heteroatoms. The van der Waals surface area contributed by atoms with Crippen molar-refractivity contribution in [1.29, 1.82) is 0 Å². The van der Waals surface area contributed by atoms with Gasteiger partial charge in [0.1, 0.15) is 5.75 Å². The van der Waals surface area contributed by atoms with Crippen molar-refractivity contribution in [2.75, 3.05) is 11.9 Å². The minimum Gasteiger partial charge on any atom is -0.492 e. The van der Waals surface area contributed by atoms with Gasteiger partial charge in [0.05, 0.1) is 12.3 Å². The molecule has 2 nitrogen and oxygen atoms in total. The van der Waals surface area contributed by atoms with E-state index in [1.54, 1.807) is 0 Å². The fourth-order valence-electron chi connectivity index (χ4n) is 3.18. The summed E-state index contributed by atoms with van der Waals surface area (Å²) in [5.41, 5.74) is 1.03. The zero-order valence-corrected chi connectivity index (χ0v) is 12.8. The summed E-state index contributed by atoms with van der Waals surface area (Å²) in [5, 5.41) is 4.38. The van der Waals surface area contributed by atoms with Gasteiger partial charge in [-0.3, -0.25) is 0 Å². The minimum atomic E-state index is 0.524. The molecule has 1 aromatic carbocycles. The maximum Gasteiger partial charge on any atom is 0.142 e. The lowest BCUT2D eigenvalue weighted by molar-refractivity contribution is 0.279. The minimum absolute atomic E-state index is 0.524. The third-order valence-electron chi connectivity index (χ3n) is 3.78. The lowest BCUT2D eigenvalue weighted by atomic mass is 9.80. The van der Waals surface area contributed by atoms with Gasteiger partial charge in [-0.15, -0.1) is 0 Å². The Morgan fingerprint density at radius 1 is 1.21 bits per heavy atom. The molecule has 2 unspecified atom stereocenters. The van der Waals surface area contributed by atoms with Crippen molar-refractivity contribution in [3.63, 3.8) is 0 Å². The Labute approximate surface area is 121 Å².